The summed E-state index contributed by atoms with van der Waals surface area (Å²) in [5.41, 5.74) is 1.11. The van der Waals surface area contributed by atoms with Crippen LogP contribution in [0, 0.1) is 11.7 Å². The topological polar surface area (TPSA) is 44.4 Å². The average Bonchev–Trinajstić information content (AvgIpc) is 2.43. The van der Waals surface area contributed by atoms with Gasteiger partial charge in [0.1, 0.15) is 5.82 Å². The van der Waals surface area contributed by atoms with Crippen molar-refractivity contribution in [3.05, 3.63) is 24.0 Å². The van der Waals surface area contributed by atoms with E-state index in [9.17, 15) is 9.18 Å². The quantitative estimate of drug-likeness (QED) is 0.891. The van der Waals surface area contributed by atoms with Gasteiger partial charge in [-0.3, -0.25) is 4.79 Å². The minimum absolute atomic E-state index is 0.148. The zero-order valence-electron chi connectivity index (χ0n) is 11.7. The first-order chi connectivity index (χ1) is 9.61. The fraction of sp³-hybridized carbons (Fsp3) is 0.533. The van der Waals surface area contributed by atoms with Gasteiger partial charge in [0.2, 0.25) is 5.91 Å². The molecule has 1 amide bonds. The van der Waals surface area contributed by atoms with E-state index in [1.165, 1.54) is 25.8 Å². The van der Waals surface area contributed by atoms with Crippen molar-refractivity contribution in [1.82, 2.24) is 4.90 Å². The Morgan fingerprint density at radius 3 is 2.70 bits per heavy atom. The molecule has 20 heavy (non-hydrogen) atoms. The fourth-order valence-corrected chi connectivity index (χ4v) is 3.25. The molecule has 3 saturated heterocycles. The summed E-state index contributed by atoms with van der Waals surface area (Å²) >= 11 is 0. The lowest BCUT2D eigenvalue weighted by Gasteiger charge is -2.45. The molecule has 1 aromatic carbocycles. The molecular weight excluding hydrogens is 257 g/mol. The van der Waals surface area contributed by atoms with E-state index < -0.39 is 0 Å². The molecule has 2 bridgehead atoms. The molecule has 0 aliphatic carbocycles. The number of piperidine rings is 3. The number of anilines is 2. The Balaban J connectivity index is 1.74. The zero-order chi connectivity index (χ0) is 14.1. The first-order valence-electron chi connectivity index (χ1n) is 7.18. The lowest BCUT2D eigenvalue weighted by atomic mass is 9.84. The second kappa shape index (κ2) is 5.40. The van der Waals surface area contributed by atoms with Crippen LogP contribution in [0.4, 0.5) is 15.8 Å². The molecule has 1 atom stereocenters. The third-order valence-corrected chi connectivity index (χ3v) is 4.28. The maximum atomic E-state index is 13.9. The number of carbonyl (C=O) groups is 1. The summed E-state index contributed by atoms with van der Waals surface area (Å²) in [5.74, 6) is 0.213. The molecule has 1 aromatic rings. The molecule has 0 aromatic heterocycles. The van der Waals surface area contributed by atoms with Crippen LogP contribution in [0.3, 0.4) is 0 Å². The molecule has 108 valence electrons. The number of nitrogens with zero attached hydrogens (tertiary/aromatic N) is 1. The number of fused-ring (bicyclic) bond motifs is 3. The van der Waals surface area contributed by atoms with Gasteiger partial charge in [-0.1, -0.05) is 0 Å². The number of carbonyl (C=O) groups excluding carboxylic acids is 1. The molecule has 4 rings (SSSR count). The van der Waals surface area contributed by atoms with Crippen molar-refractivity contribution in [3.63, 3.8) is 0 Å². The van der Waals surface area contributed by atoms with Crippen LogP contribution in [-0.4, -0.2) is 36.5 Å². The molecule has 1 unspecified atom stereocenters. The Morgan fingerprint density at radius 2 is 2.10 bits per heavy atom. The maximum absolute atomic E-state index is 13.9. The minimum Gasteiger partial charge on any atom is -0.378 e. The number of halogens is 1. The molecule has 3 heterocycles. The van der Waals surface area contributed by atoms with Crippen LogP contribution in [0.2, 0.25) is 0 Å². The summed E-state index contributed by atoms with van der Waals surface area (Å²) in [7, 11) is 0. The number of hydrogen-bond donors (Lipinski definition) is 2. The lowest BCUT2D eigenvalue weighted by Crippen LogP contribution is -2.53. The number of rotatable bonds is 3. The van der Waals surface area contributed by atoms with Gasteiger partial charge in [-0.25, -0.2) is 4.39 Å². The van der Waals surface area contributed by atoms with Crippen molar-refractivity contribution in [2.24, 2.45) is 5.92 Å². The molecule has 3 aliphatic rings. The van der Waals surface area contributed by atoms with Crippen molar-refractivity contribution in [3.8, 4) is 0 Å². The molecule has 0 spiro atoms. The normalized spacial score (nSPS) is 28.2. The minimum atomic E-state index is -0.268. The summed E-state index contributed by atoms with van der Waals surface area (Å²) in [4.78, 5) is 13.5. The van der Waals surface area contributed by atoms with Crippen LogP contribution in [0.5, 0.6) is 0 Å². The van der Waals surface area contributed by atoms with E-state index in [1.807, 2.05) is 0 Å². The van der Waals surface area contributed by atoms with Crippen LogP contribution in [0.25, 0.3) is 0 Å². The molecular formula is C15H20FN3O. The third-order valence-electron chi connectivity index (χ3n) is 4.28. The average molecular weight is 277 g/mol. The van der Waals surface area contributed by atoms with Crippen molar-refractivity contribution in [2.75, 3.05) is 30.3 Å². The smallest absolute Gasteiger partial charge is 0.221 e. The highest BCUT2D eigenvalue weighted by molar-refractivity contribution is 5.89. The SMILES string of the molecule is CC(=O)Nc1ccc(F)c(NC2CN3CCC2CC3)c1. The summed E-state index contributed by atoms with van der Waals surface area (Å²) in [6, 6.07) is 4.96. The highest BCUT2D eigenvalue weighted by Gasteiger charge is 2.34. The Bertz CT molecular complexity index is 512. The number of benzene rings is 1. The molecule has 3 aliphatic heterocycles. The highest BCUT2D eigenvalue weighted by Crippen LogP contribution is 2.31. The van der Waals surface area contributed by atoms with E-state index in [-0.39, 0.29) is 11.7 Å². The first kappa shape index (κ1) is 13.4. The van der Waals surface area contributed by atoms with E-state index in [0.29, 0.717) is 23.3 Å². The number of amides is 1. The van der Waals surface area contributed by atoms with Crippen LogP contribution >= 0.6 is 0 Å². The van der Waals surface area contributed by atoms with Gasteiger partial charge in [0.25, 0.3) is 0 Å². The van der Waals surface area contributed by atoms with Gasteiger partial charge in [-0.15, -0.1) is 0 Å². The Kier molecular flexibility index (Phi) is 3.61. The van der Waals surface area contributed by atoms with Crippen molar-refractivity contribution >= 4 is 17.3 Å². The van der Waals surface area contributed by atoms with Gasteiger partial charge in [-0.05, 0) is 50.0 Å². The fourth-order valence-electron chi connectivity index (χ4n) is 3.25. The number of nitrogens with one attached hydrogen (secondary N) is 2. The standard InChI is InChI=1S/C15H20FN3O/c1-10(20)17-12-2-3-13(16)14(8-12)18-15-9-19-6-4-11(15)5-7-19/h2-3,8,11,15,18H,4-7,9H2,1H3,(H,17,20). The van der Waals surface area contributed by atoms with E-state index >= 15 is 0 Å². The monoisotopic (exact) mass is 277 g/mol. The second-order valence-electron chi connectivity index (χ2n) is 5.76. The molecule has 0 saturated carbocycles. The lowest BCUT2D eigenvalue weighted by molar-refractivity contribution is -0.114. The molecule has 2 N–H and O–H groups in total. The predicted molar refractivity (Wildman–Crippen MR) is 77.3 cm³/mol. The van der Waals surface area contributed by atoms with E-state index in [4.69, 9.17) is 0 Å². The van der Waals surface area contributed by atoms with Gasteiger partial charge in [0.15, 0.2) is 0 Å². The van der Waals surface area contributed by atoms with Crippen LogP contribution in [0.1, 0.15) is 19.8 Å². The highest BCUT2D eigenvalue weighted by atomic mass is 19.1. The Hall–Kier alpha value is -1.62. The summed E-state index contributed by atoms with van der Waals surface area (Å²) in [6.07, 6.45) is 2.37. The van der Waals surface area contributed by atoms with Gasteiger partial charge in [0, 0.05) is 25.2 Å². The Labute approximate surface area is 118 Å². The van der Waals surface area contributed by atoms with Crippen molar-refractivity contribution < 1.29 is 9.18 Å². The largest absolute Gasteiger partial charge is 0.378 e. The first-order valence-corrected chi connectivity index (χ1v) is 7.18. The molecule has 0 radical (unpaired) electrons. The summed E-state index contributed by atoms with van der Waals surface area (Å²) in [6.45, 7) is 4.76. The Morgan fingerprint density at radius 1 is 1.35 bits per heavy atom. The van der Waals surface area contributed by atoms with Crippen molar-refractivity contribution in [1.29, 1.82) is 0 Å². The molecule has 4 nitrogen and oxygen atoms in total. The van der Waals surface area contributed by atoms with Gasteiger partial charge >= 0.3 is 0 Å². The predicted octanol–water partition coefficient (Wildman–Crippen LogP) is 2.29. The van der Waals surface area contributed by atoms with Crippen LogP contribution < -0.4 is 10.6 Å². The summed E-state index contributed by atoms with van der Waals surface area (Å²) < 4.78 is 13.9. The second-order valence-corrected chi connectivity index (χ2v) is 5.76. The van der Waals surface area contributed by atoms with Gasteiger partial charge in [-0.2, -0.15) is 0 Å². The van der Waals surface area contributed by atoms with E-state index in [2.05, 4.69) is 15.5 Å². The van der Waals surface area contributed by atoms with E-state index in [0.717, 1.165) is 19.6 Å². The third kappa shape index (κ3) is 2.77. The van der Waals surface area contributed by atoms with Crippen LogP contribution in [-0.2, 0) is 4.79 Å². The zero-order valence-corrected chi connectivity index (χ0v) is 11.7. The van der Waals surface area contributed by atoms with Gasteiger partial charge in [0.05, 0.1) is 5.69 Å². The molecule has 3 fully saturated rings. The van der Waals surface area contributed by atoms with Gasteiger partial charge < -0.3 is 15.5 Å². The maximum Gasteiger partial charge on any atom is 0.221 e. The molecule has 5 heteroatoms. The number of hydrogen-bond acceptors (Lipinski definition) is 3. The van der Waals surface area contributed by atoms with Crippen molar-refractivity contribution in [2.45, 2.75) is 25.8 Å². The van der Waals surface area contributed by atoms with Crippen LogP contribution in [0.15, 0.2) is 18.2 Å². The summed E-state index contributed by atoms with van der Waals surface area (Å²) in [5, 5.41) is 6.01. The van der Waals surface area contributed by atoms with E-state index in [1.54, 1.807) is 12.1 Å².